The maximum absolute atomic E-state index is 14.2. The number of rotatable bonds is 5. The number of aromatic carboxylic acids is 1. The number of carbonyl (C=O) groups is 1. The topological polar surface area (TPSA) is 111 Å². The van der Waals surface area contributed by atoms with Gasteiger partial charge in [-0.3, -0.25) is 9.20 Å². The highest BCUT2D eigenvalue weighted by Crippen LogP contribution is 2.37. The molecule has 1 aliphatic rings. The van der Waals surface area contributed by atoms with Crippen molar-refractivity contribution in [3.8, 4) is 6.07 Å². The smallest absolute Gasteiger partial charge is 0.337 e. The molecular weight excluding hydrogens is 444 g/mol. The number of alkyl halides is 2. The van der Waals surface area contributed by atoms with E-state index in [0.717, 1.165) is 0 Å². The van der Waals surface area contributed by atoms with E-state index >= 15 is 0 Å². The minimum absolute atomic E-state index is 0.0353. The van der Waals surface area contributed by atoms with Crippen molar-refractivity contribution in [1.29, 1.82) is 5.26 Å². The number of nitrogens with zero attached hydrogens (tertiary/aromatic N) is 4. The van der Waals surface area contributed by atoms with Crippen LogP contribution in [-0.2, 0) is 0 Å². The van der Waals surface area contributed by atoms with Crippen LogP contribution in [0.25, 0.3) is 5.65 Å². The maximum atomic E-state index is 14.2. The fourth-order valence-electron chi connectivity index (χ4n) is 4.32. The molecule has 0 amide bonds. The van der Waals surface area contributed by atoms with Crippen molar-refractivity contribution >= 4 is 23.1 Å². The minimum atomic E-state index is -2.97. The largest absolute Gasteiger partial charge is 0.478 e. The van der Waals surface area contributed by atoms with Gasteiger partial charge in [0.25, 0.3) is 11.5 Å². The number of benzene rings is 1. The fraction of sp³-hybridized carbons (Fsp3) is 0.333. The number of carboxylic acids is 1. The van der Waals surface area contributed by atoms with E-state index in [1.54, 1.807) is 44.3 Å². The molecule has 3 heterocycles. The van der Waals surface area contributed by atoms with Crippen LogP contribution >= 0.6 is 0 Å². The van der Waals surface area contributed by atoms with Gasteiger partial charge in [-0.25, -0.2) is 18.6 Å². The highest BCUT2D eigenvalue weighted by Gasteiger charge is 2.47. The third kappa shape index (κ3) is 3.83. The second-order valence-corrected chi connectivity index (χ2v) is 8.49. The molecule has 176 valence electrons. The number of aryl methyl sites for hydroxylation is 1. The Labute approximate surface area is 194 Å². The molecule has 1 saturated heterocycles. The Balaban J connectivity index is 1.89. The van der Waals surface area contributed by atoms with Gasteiger partial charge in [-0.05, 0) is 44.5 Å². The van der Waals surface area contributed by atoms with E-state index in [0.29, 0.717) is 16.8 Å². The van der Waals surface area contributed by atoms with Crippen LogP contribution in [0.3, 0.4) is 0 Å². The predicted octanol–water partition coefficient (Wildman–Crippen LogP) is 3.98. The van der Waals surface area contributed by atoms with Gasteiger partial charge in [-0.2, -0.15) is 5.26 Å². The molecule has 0 radical (unpaired) electrons. The average Bonchev–Trinajstić information content (AvgIpc) is 3.06. The number of pyridine rings is 1. The molecule has 1 aromatic carbocycles. The van der Waals surface area contributed by atoms with Crippen LogP contribution in [-0.4, -0.2) is 39.0 Å². The predicted molar refractivity (Wildman–Crippen MR) is 123 cm³/mol. The lowest BCUT2D eigenvalue weighted by Gasteiger charge is -2.26. The summed E-state index contributed by atoms with van der Waals surface area (Å²) in [6.07, 6.45) is 1.14. The van der Waals surface area contributed by atoms with Gasteiger partial charge in [-0.15, -0.1) is 0 Å². The van der Waals surface area contributed by atoms with E-state index in [4.69, 9.17) is 0 Å². The fourth-order valence-corrected chi connectivity index (χ4v) is 4.32. The van der Waals surface area contributed by atoms with E-state index in [1.807, 2.05) is 6.07 Å². The summed E-state index contributed by atoms with van der Waals surface area (Å²) < 4.78 is 29.7. The third-order valence-electron chi connectivity index (χ3n) is 6.21. The number of hydrogen-bond acceptors (Lipinski definition) is 6. The Kier molecular flexibility index (Phi) is 5.73. The van der Waals surface area contributed by atoms with E-state index in [2.05, 4.69) is 10.3 Å². The lowest BCUT2D eigenvalue weighted by molar-refractivity contribution is -0.00187. The Morgan fingerprint density at radius 3 is 2.71 bits per heavy atom. The molecule has 8 nitrogen and oxygen atoms in total. The molecule has 0 saturated carbocycles. The summed E-state index contributed by atoms with van der Waals surface area (Å²) in [7, 11) is 0. The summed E-state index contributed by atoms with van der Waals surface area (Å²) in [6, 6.07) is 8.33. The van der Waals surface area contributed by atoms with Crippen LogP contribution in [0.15, 0.2) is 41.3 Å². The zero-order valence-corrected chi connectivity index (χ0v) is 18.8. The van der Waals surface area contributed by atoms with Gasteiger partial charge in [0.2, 0.25) is 0 Å². The monoisotopic (exact) mass is 467 g/mol. The molecule has 34 heavy (non-hydrogen) atoms. The summed E-state index contributed by atoms with van der Waals surface area (Å²) in [6.45, 7) is 4.87. The van der Waals surface area contributed by atoms with Crippen LogP contribution in [0.1, 0.15) is 53.4 Å². The Morgan fingerprint density at radius 1 is 1.38 bits per heavy atom. The van der Waals surface area contributed by atoms with Crippen molar-refractivity contribution in [3.63, 3.8) is 0 Å². The molecular formula is C24H23F2N5O3. The van der Waals surface area contributed by atoms with Gasteiger partial charge in [0, 0.05) is 30.4 Å². The molecule has 10 heteroatoms. The van der Waals surface area contributed by atoms with Gasteiger partial charge < -0.3 is 15.3 Å². The number of nitriles is 1. The summed E-state index contributed by atoms with van der Waals surface area (Å²) in [4.78, 5) is 30.7. The zero-order chi connectivity index (χ0) is 24.8. The second-order valence-electron chi connectivity index (χ2n) is 8.49. The number of para-hydroxylation sites is 1. The number of fused-ring (bicyclic) bond motifs is 1. The lowest BCUT2D eigenvalue weighted by atomic mass is 10.1. The van der Waals surface area contributed by atoms with E-state index in [-0.39, 0.29) is 29.1 Å². The first-order chi connectivity index (χ1) is 16.0. The van der Waals surface area contributed by atoms with Crippen molar-refractivity contribution in [2.24, 2.45) is 0 Å². The highest BCUT2D eigenvalue weighted by atomic mass is 19.3. The number of nitrogens with one attached hydrogen (secondary N) is 1. The van der Waals surface area contributed by atoms with E-state index in [1.165, 1.54) is 22.3 Å². The first kappa shape index (κ1) is 23.2. The molecule has 0 spiro atoms. The Morgan fingerprint density at radius 2 is 2.09 bits per heavy atom. The van der Waals surface area contributed by atoms with Crippen molar-refractivity contribution in [2.75, 3.05) is 16.8 Å². The van der Waals surface area contributed by atoms with Gasteiger partial charge in [0.15, 0.2) is 11.4 Å². The molecule has 1 aliphatic heterocycles. The molecule has 3 aromatic rings. The Bertz CT molecular complexity index is 1400. The number of carboxylic acid groups (broad SMARTS) is 1. The van der Waals surface area contributed by atoms with Gasteiger partial charge in [0.05, 0.1) is 17.6 Å². The maximum Gasteiger partial charge on any atom is 0.337 e. The van der Waals surface area contributed by atoms with Gasteiger partial charge >= 0.3 is 5.97 Å². The number of halogens is 2. The van der Waals surface area contributed by atoms with Gasteiger partial charge in [0.1, 0.15) is 11.7 Å². The van der Waals surface area contributed by atoms with Crippen molar-refractivity contribution in [3.05, 3.63) is 69.1 Å². The lowest BCUT2D eigenvalue weighted by Crippen LogP contribution is -2.38. The third-order valence-corrected chi connectivity index (χ3v) is 6.21. The molecule has 2 aromatic heterocycles. The number of aromatic nitrogens is 2. The number of hydrogen-bond donors (Lipinski definition) is 2. The van der Waals surface area contributed by atoms with Crippen molar-refractivity contribution in [2.45, 2.75) is 45.2 Å². The zero-order valence-electron chi connectivity index (χ0n) is 18.8. The van der Waals surface area contributed by atoms with Crippen LogP contribution in [0.4, 0.5) is 20.3 Å². The quantitative estimate of drug-likeness (QED) is 0.584. The van der Waals surface area contributed by atoms with Crippen LogP contribution < -0.4 is 15.8 Å². The Hall–Kier alpha value is -4.00. The van der Waals surface area contributed by atoms with Crippen molar-refractivity contribution in [1.82, 2.24) is 9.38 Å². The van der Waals surface area contributed by atoms with Crippen LogP contribution in [0.5, 0.6) is 0 Å². The summed E-state index contributed by atoms with van der Waals surface area (Å²) >= 11 is 0. The molecule has 2 N–H and O–H groups in total. The molecule has 4 rings (SSSR count). The van der Waals surface area contributed by atoms with Crippen LogP contribution in [0.2, 0.25) is 0 Å². The second kappa shape index (κ2) is 8.41. The van der Waals surface area contributed by atoms with Crippen LogP contribution in [0, 0.1) is 18.3 Å². The number of anilines is 2. The summed E-state index contributed by atoms with van der Waals surface area (Å²) in [5.41, 5.74) is 0.998. The first-order valence-electron chi connectivity index (χ1n) is 10.8. The normalized spacial score (nSPS) is 18.0. The molecule has 0 bridgehead atoms. The highest BCUT2D eigenvalue weighted by molar-refractivity contribution is 5.94. The molecule has 1 fully saturated rings. The first-order valence-corrected chi connectivity index (χ1v) is 10.8. The molecule has 1 unspecified atom stereocenters. The van der Waals surface area contributed by atoms with Crippen molar-refractivity contribution < 1.29 is 18.7 Å². The van der Waals surface area contributed by atoms with Gasteiger partial charge in [-0.1, -0.05) is 12.1 Å². The standard InChI is InChI=1S/C24H23F2N5O3/c1-13-10-17(14(2)28-19-7-5-4-6-16(19)23(33)34)20-29-21(18(11-27)22(32)31(20)12-13)30-9-8-24(25,26)15(30)3/h4-7,10,12,14-15,28H,8-9H2,1-3H3,(H,33,34)/t14?,15-/m0/s1. The minimum Gasteiger partial charge on any atom is -0.478 e. The van der Waals surface area contributed by atoms with E-state index < -0.39 is 36.0 Å². The van der Waals surface area contributed by atoms with E-state index in [9.17, 15) is 28.7 Å². The average molecular weight is 467 g/mol. The SMILES string of the molecule is Cc1cc(C(C)Nc2ccccc2C(=O)O)c2nc(N3CCC(F)(F)[C@@H]3C)c(C#N)c(=O)n2c1. The molecule has 0 aliphatic carbocycles. The summed E-state index contributed by atoms with van der Waals surface area (Å²) in [5, 5.41) is 22.3. The molecule has 2 atom stereocenters. The summed E-state index contributed by atoms with van der Waals surface area (Å²) in [5.74, 6) is -4.13.